The highest BCUT2D eigenvalue weighted by atomic mass is 16.5. The molecule has 3 heteroatoms. The van der Waals surface area contributed by atoms with E-state index in [9.17, 15) is 0 Å². The number of unbranched alkanes of at least 4 members (excludes halogenated alkanes) is 2. The number of nitrogens with one attached hydrogen (secondary N) is 1. The average molecular weight is 270 g/mol. The van der Waals surface area contributed by atoms with Gasteiger partial charge in [0.25, 0.3) is 0 Å². The van der Waals surface area contributed by atoms with Crippen LogP contribution in [0.5, 0.6) is 0 Å². The Morgan fingerprint density at radius 3 is 2.74 bits per heavy atom. The summed E-state index contributed by atoms with van der Waals surface area (Å²) in [5.74, 6) is 1.49. The maximum absolute atomic E-state index is 5.56. The van der Waals surface area contributed by atoms with Crippen LogP contribution >= 0.6 is 0 Å². The minimum Gasteiger partial charge on any atom is -0.380 e. The molecule has 0 aliphatic carbocycles. The molecule has 0 amide bonds. The van der Waals surface area contributed by atoms with Gasteiger partial charge in [-0.2, -0.15) is 0 Å². The average Bonchev–Trinajstić information content (AvgIpc) is 2.39. The Hall–Kier alpha value is -0.120. The number of likely N-dealkylation sites (tertiary alicyclic amines) is 1. The Morgan fingerprint density at radius 2 is 2.05 bits per heavy atom. The van der Waals surface area contributed by atoms with E-state index >= 15 is 0 Å². The summed E-state index contributed by atoms with van der Waals surface area (Å²) in [6.07, 6.45) is 5.71. The van der Waals surface area contributed by atoms with E-state index in [1.165, 1.54) is 45.3 Å². The molecule has 1 aliphatic heterocycles. The van der Waals surface area contributed by atoms with Gasteiger partial charge in [-0.25, -0.2) is 0 Å². The minimum absolute atomic E-state index is 0.446. The van der Waals surface area contributed by atoms with E-state index in [4.69, 9.17) is 4.74 Å². The summed E-state index contributed by atoms with van der Waals surface area (Å²) < 4.78 is 5.56. The molecular weight excluding hydrogens is 236 g/mol. The van der Waals surface area contributed by atoms with Crippen LogP contribution < -0.4 is 5.32 Å². The molecule has 1 saturated heterocycles. The van der Waals surface area contributed by atoms with Crippen LogP contribution in [0.15, 0.2) is 0 Å². The molecule has 1 aliphatic rings. The fourth-order valence-corrected chi connectivity index (χ4v) is 2.76. The van der Waals surface area contributed by atoms with Crippen molar-refractivity contribution in [2.75, 3.05) is 39.8 Å². The van der Waals surface area contributed by atoms with Gasteiger partial charge >= 0.3 is 0 Å². The number of ether oxygens (including phenoxy) is 1. The van der Waals surface area contributed by atoms with Gasteiger partial charge in [-0.3, -0.25) is 0 Å². The van der Waals surface area contributed by atoms with Crippen LogP contribution in [0, 0.1) is 11.8 Å². The molecule has 3 nitrogen and oxygen atoms in total. The number of nitrogens with zero attached hydrogens (tertiary/aromatic N) is 1. The molecular formula is C16H34N2O. The van der Waals surface area contributed by atoms with Crippen molar-refractivity contribution in [1.29, 1.82) is 0 Å². The Labute approximate surface area is 120 Å². The lowest BCUT2D eigenvalue weighted by Crippen LogP contribution is -2.44. The molecule has 0 aromatic rings. The molecule has 1 heterocycles. The monoisotopic (exact) mass is 270 g/mol. The molecule has 1 rings (SSSR count). The second-order valence-electron chi connectivity index (χ2n) is 6.50. The van der Waals surface area contributed by atoms with Crippen molar-refractivity contribution in [1.82, 2.24) is 10.2 Å². The highest BCUT2D eigenvalue weighted by Crippen LogP contribution is 2.19. The quantitative estimate of drug-likeness (QED) is 0.652. The molecule has 2 unspecified atom stereocenters. The molecule has 0 radical (unpaired) electrons. The van der Waals surface area contributed by atoms with Crippen LogP contribution in [-0.4, -0.2) is 50.8 Å². The number of rotatable bonds is 9. The van der Waals surface area contributed by atoms with Crippen LogP contribution in [0.3, 0.4) is 0 Å². The summed E-state index contributed by atoms with van der Waals surface area (Å²) in [6.45, 7) is 12.8. The molecule has 2 atom stereocenters. The van der Waals surface area contributed by atoms with E-state index in [0.717, 1.165) is 24.9 Å². The Bertz CT molecular complexity index is 221. The Morgan fingerprint density at radius 1 is 1.26 bits per heavy atom. The first kappa shape index (κ1) is 16.9. The third kappa shape index (κ3) is 7.28. The van der Waals surface area contributed by atoms with Gasteiger partial charge in [0.15, 0.2) is 0 Å². The van der Waals surface area contributed by atoms with Gasteiger partial charge in [0.2, 0.25) is 0 Å². The summed E-state index contributed by atoms with van der Waals surface area (Å²) in [5.41, 5.74) is 0. The van der Waals surface area contributed by atoms with Crippen LogP contribution in [0.1, 0.15) is 46.5 Å². The number of hydrogen-bond acceptors (Lipinski definition) is 3. The minimum atomic E-state index is 0.446. The normalized spacial score (nSPS) is 25.1. The fourth-order valence-electron chi connectivity index (χ4n) is 2.76. The lowest BCUT2D eigenvalue weighted by Gasteiger charge is -2.36. The topological polar surface area (TPSA) is 24.5 Å². The molecule has 114 valence electrons. The lowest BCUT2D eigenvalue weighted by molar-refractivity contribution is -0.00525. The van der Waals surface area contributed by atoms with E-state index in [2.05, 4.69) is 31.0 Å². The zero-order chi connectivity index (χ0) is 14.1. The number of piperidine rings is 1. The van der Waals surface area contributed by atoms with Crippen LogP contribution in [0.25, 0.3) is 0 Å². The zero-order valence-electron chi connectivity index (χ0n) is 13.5. The third-order valence-electron chi connectivity index (χ3n) is 4.16. The standard InChI is InChI=1S/C16H34N2O/c1-14(2)12-17-9-6-5-7-10-18-11-8-15(3)16(13-18)19-4/h14-17H,5-13H2,1-4H3. The largest absolute Gasteiger partial charge is 0.380 e. The molecule has 19 heavy (non-hydrogen) atoms. The van der Waals surface area contributed by atoms with Crippen molar-refractivity contribution in [3.63, 3.8) is 0 Å². The van der Waals surface area contributed by atoms with E-state index in [1.54, 1.807) is 0 Å². The summed E-state index contributed by atoms with van der Waals surface area (Å²) in [4.78, 5) is 2.58. The van der Waals surface area contributed by atoms with Gasteiger partial charge < -0.3 is 15.0 Å². The van der Waals surface area contributed by atoms with Crippen LogP contribution in [0.2, 0.25) is 0 Å². The first-order valence-corrected chi connectivity index (χ1v) is 8.09. The summed E-state index contributed by atoms with van der Waals surface area (Å²) in [6, 6.07) is 0. The smallest absolute Gasteiger partial charge is 0.0724 e. The van der Waals surface area contributed by atoms with Crippen LogP contribution in [-0.2, 0) is 4.74 Å². The van der Waals surface area contributed by atoms with Gasteiger partial charge in [-0.15, -0.1) is 0 Å². The van der Waals surface area contributed by atoms with Gasteiger partial charge in [0, 0.05) is 13.7 Å². The Balaban J connectivity index is 1.97. The summed E-state index contributed by atoms with van der Waals surface area (Å²) >= 11 is 0. The third-order valence-corrected chi connectivity index (χ3v) is 4.16. The van der Waals surface area contributed by atoms with Gasteiger partial charge in [0.05, 0.1) is 6.10 Å². The van der Waals surface area contributed by atoms with Crippen molar-refractivity contribution in [2.24, 2.45) is 11.8 Å². The first-order chi connectivity index (χ1) is 9.13. The second-order valence-corrected chi connectivity index (χ2v) is 6.50. The number of hydrogen-bond donors (Lipinski definition) is 1. The second kappa shape index (κ2) is 9.73. The molecule has 0 saturated carbocycles. The van der Waals surface area contributed by atoms with Crippen molar-refractivity contribution < 1.29 is 4.74 Å². The van der Waals surface area contributed by atoms with E-state index in [-0.39, 0.29) is 0 Å². The van der Waals surface area contributed by atoms with Crippen molar-refractivity contribution in [2.45, 2.75) is 52.6 Å². The predicted octanol–water partition coefficient (Wildman–Crippen LogP) is 2.76. The maximum atomic E-state index is 5.56. The highest BCUT2D eigenvalue weighted by Gasteiger charge is 2.25. The van der Waals surface area contributed by atoms with Crippen molar-refractivity contribution >= 4 is 0 Å². The molecule has 1 fully saturated rings. The lowest BCUT2D eigenvalue weighted by atomic mass is 9.95. The van der Waals surface area contributed by atoms with E-state index in [1.807, 2.05) is 7.11 Å². The molecule has 0 bridgehead atoms. The Kier molecular flexibility index (Phi) is 8.67. The van der Waals surface area contributed by atoms with Crippen molar-refractivity contribution in [3.05, 3.63) is 0 Å². The van der Waals surface area contributed by atoms with Crippen LogP contribution in [0.4, 0.5) is 0 Å². The van der Waals surface area contributed by atoms with Gasteiger partial charge in [0.1, 0.15) is 0 Å². The molecule has 1 N–H and O–H groups in total. The zero-order valence-corrected chi connectivity index (χ0v) is 13.5. The van der Waals surface area contributed by atoms with Crippen molar-refractivity contribution in [3.8, 4) is 0 Å². The number of methoxy groups -OCH3 is 1. The molecule has 0 aromatic carbocycles. The van der Waals surface area contributed by atoms with E-state index in [0.29, 0.717) is 6.10 Å². The molecule has 0 spiro atoms. The summed E-state index contributed by atoms with van der Waals surface area (Å²) in [5, 5.41) is 3.51. The predicted molar refractivity (Wildman–Crippen MR) is 82.6 cm³/mol. The fraction of sp³-hybridized carbons (Fsp3) is 1.00. The first-order valence-electron chi connectivity index (χ1n) is 8.09. The molecule has 0 aromatic heterocycles. The van der Waals surface area contributed by atoms with E-state index < -0.39 is 0 Å². The van der Waals surface area contributed by atoms with Gasteiger partial charge in [-0.05, 0) is 57.3 Å². The highest BCUT2D eigenvalue weighted by molar-refractivity contribution is 4.78. The SMILES string of the molecule is COC1CN(CCCCCNCC(C)C)CCC1C. The van der Waals surface area contributed by atoms with Gasteiger partial charge in [-0.1, -0.05) is 27.2 Å². The summed E-state index contributed by atoms with van der Waals surface area (Å²) in [7, 11) is 1.85. The maximum Gasteiger partial charge on any atom is 0.0724 e.